The fourth-order valence-electron chi connectivity index (χ4n) is 0.886. The van der Waals surface area contributed by atoms with E-state index in [9.17, 15) is 0 Å². The van der Waals surface area contributed by atoms with Crippen LogP contribution in [-0.2, 0) is 4.84 Å². The lowest BCUT2D eigenvalue weighted by Crippen LogP contribution is -2.14. The van der Waals surface area contributed by atoms with Crippen molar-refractivity contribution in [1.29, 1.82) is 0 Å². The van der Waals surface area contributed by atoms with Gasteiger partial charge in [0.2, 0.25) is 0 Å². The zero-order chi connectivity index (χ0) is 8.53. The van der Waals surface area contributed by atoms with Gasteiger partial charge < -0.3 is 0 Å². The lowest BCUT2D eigenvalue weighted by atomic mass is 10.1. The van der Waals surface area contributed by atoms with Crippen molar-refractivity contribution in [2.75, 3.05) is 0 Å². The molecule has 11 heavy (non-hydrogen) atoms. The molecular weight excluding hydrogens is 253 g/mol. The van der Waals surface area contributed by atoms with E-state index in [0.29, 0.717) is 0 Å². The second-order valence-electron chi connectivity index (χ2n) is 2.49. The molecule has 1 atom stereocenters. The Kier molecular flexibility index (Phi) is 8.79. The van der Waals surface area contributed by atoms with Gasteiger partial charge in [-0.05, 0) is 16.6 Å². The lowest BCUT2D eigenvalue weighted by Gasteiger charge is -2.07. The summed E-state index contributed by atoms with van der Waals surface area (Å²) in [6, 6.07) is 0. The summed E-state index contributed by atoms with van der Waals surface area (Å²) >= 11 is 2.17. The van der Waals surface area contributed by atoms with E-state index in [4.69, 9.17) is 10.7 Å². The van der Waals surface area contributed by atoms with Gasteiger partial charge in [-0.1, -0.05) is 48.8 Å². The van der Waals surface area contributed by atoms with Crippen molar-refractivity contribution in [3.05, 3.63) is 10.2 Å². The molecule has 0 aliphatic rings. The predicted octanol–water partition coefficient (Wildman–Crippen LogP) is 2.77. The highest BCUT2D eigenvalue weighted by atomic mass is 127. The van der Waals surface area contributed by atoms with Gasteiger partial charge in [0.1, 0.15) is 0 Å². The zero-order valence-electron chi connectivity index (χ0n) is 6.92. The van der Waals surface area contributed by atoms with Crippen LogP contribution in [0.1, 0.15) is 32.6 Å². The molecule has 2 N–H and O–H groups in total. The number of nitrogens with two attached hydrogens (primary N) is 1. The first-order valence-electron chi connectivity index (χ1n) is 3.97. The molecule has 0 radical (unpaired) electrons. The van der Waals surface area contributed by atoms with Crippen LogP contribution in [0.2, 0.25) is 0 Å². The summed E-state index contributed by atoms with van der Waals surface area (Å²) in [5.41, 5.74) is 0. The van der Waals surface area contributed by atoms with Crippen molar-refractivity contribution < 1.29 is 4.84 Å². The second kappa shape index (κ2) is 8.49. The van der Waals surface area contributed by atoms with Crippen LogP contribution in [0.5, 0.6) is 0 Å². The molecule has 0 saturated heterocycles. The molecule has 0 rings (SSSR count). The van der Waals surface area contributed by atoms with Gasteiger partial charge in [0.05, 0.1) is 6.10 Å². The number of halogens is 1. The summed E-state index contributed by atoms with van der Waals surface area (Å²) in [5.74, 6) is 5.09. The Morgan fingerprint density at radius 2 is 2.27 bits per heavy atom. The van der Waals surface area contributed by atoms with Crippen molar-refractivity contribution in [1.82, 2.24) is 0 Å². The summed E-state index contributed by atoms with van der Waals surface area (Å²) in [4.78, 5) is 4.75. The first kappa shape index (κ1) is 11.4. The zero-order valence-corrected chi connectivity index (χ0v) is 9.08. The third kappa shape index (κ3) is 6.77. The maximum Gasteiger partial charge on any atom is 0.0975 e. The summed E-state index contributed by atoms with van der Waals surface area (Å²) in [7, 11) is 0. The molecule has 2 nitrogen and oxygen atoms in total. The van der Waals surface area contributed by atoms with Gasteiger partial charge in [0.15, 0.2) is 0 Å². The van der Waals surface area contributed by atoms with E-state index in [2.05, 4.69) is 29.5 Å². The van der Waals surface area contributed by atoms with E-state index in [-0.39, 0.29) is 6.10 Å². The molecule has 0 spiro atoms. The molecule has 0 bridgehead atoms. The molecule has 0 unspecified atom stereocenters. The second-order valence-corrected chi connectivity index (χ2v) is 3.21. The minimum absolute atomic E-state index is 0.110. The Hall–Kier alpha value is 0.390. The van der Waals surface area contributed by atoms with E-state index < -0.39 is 0 Å². The van der Waals surface area contributed by atoms with Gasteiger partial charge in [0, 0.05) is 0 Å². The number of hydrogen-bond donors (Lipinski definition) is 1. The minimum Gasteiger partial charge on any atom is -0.297 e. The van der Waals surface area contributed by atoms with Crippen molar-refractivity contribution in [3.63, 3.8) is 0 Å². The molecule has 0 aliphatic carbocycles. The van der Waals surface area contributed by atoms with Gasteiger partial charge in [-0.2, -0.15) is 0 Å². The molecular formula is C8H16INO. The Bertz CT molecular complexity index is 106. The normalized spacial score (nSPS) is 14.1. The van der Waals surface area contributed by atoms with Crippen LogP contribution in [0.4, 0.5) is 0 Å². The van der Waals surface area contributed by atoms with Crippen molar-refractivity contribution in [3.8, 4) is 0 Å². The van der Waals surface area contributed by atoms with E-state index in [1.807, 2.05) is 10.2 Å². The van der Waals surface area contributed by atoms with Crippen LogP contribution in [0.25, 0.3) is 0 Å². The average Bonchev–Trinajstić information content (AvgIpc) is 2.03. The van der Waals surface area contributed by atoms with E-state index in [0.717, 1.165) is 6.42 Å². The average molecular weight is 269 g/mol. The molecule has 0 aromatic carbocycles. The lowest BCUT2D eigenvalue weighted by molar-refractivity contribution is 0.0789. The summed E-state index contributed by atoms with van der Waals surface area (Å²) < 4.78 is 1.95. The maximum absolute atomic E-state index is 5.09. The third-order valence-corrected chi connectivity index (χ3v) is 1.97. The van der Waals surface area contributed by atoms with Crippen LogP contribution >= 0.6 is 22.6 Å². The van der Waals surface area contributed by atoms with E-state index in [1.54, 1.807) is 0 Å². The van der Waals surface area contributed by atoms with Crippen LogP contribution in [-0.4, -0.2) is 6.10 Å². The summed E-state index contributed by atoms with van der Waals surface area (Å²) in [5, 5.41) is 0. The van der Waals surface area contributed by atoms with Crippen LogP contribution in [0, 0.1) is 0 Å². The van der Waals surface area contributed by atoms with Crippen LogP contribution in [0.15, 0.2) is 10.2 Å². The SMILES string of the molecule is CCCCC[C@@H](/C=C/I)ON. The van der Waals surface area contributed by atoms with Gasteiger partial charge >= 0.3 is 0 Å². The Morgan fingerprint density at radius 1 is 1.55 bits per heavy atom. The topological polar surface area (TPSA) is 35.2 Å². The predicted molar refractivity (Wildman–Crippen MR) is 56.4 cm³/mol. The minimum atomic E-state index is 0.110. The van der Waals surface area contributed by atoms with Gasteiger partial charge in [0.25, 0.3) is 0 Å². The van der Waals surface area contributed by atoms with Crippen LogP contribution < -0.4 is 5.90 Å². The highest BCUT2D eigenvalue weighted by Gasteiger charge is 2.01. The molecule has 0 heterocycles. The fourth-order valence-corrected chi connectivity index (χ4v) is 1.35. The number of rotatable bonds is 6. The maximum atomic E-state index is 5.09. The van der Waals surface area contributed by atoms with Crippen LogP contribution in [0.3, 0.4) is 0 Å². The van der Waals surface area contributed by atoms with Crippen molar-refractivity contribution >= 4 is 22.6 Å². The van der Waals surface area contributed by atoms with Crippen molar-refractivity contribution in [2.45, 2.75) is 38.7 Å². The Labute approximate surface area is 82.3 Å². The Balaban J connectivity index is 3.36. The molecule has 0 aromatic heterocycles. The molecule has 66 valence electrons. The standard InChI is InChI=1S/C8H16INO/c1-2-3-4-5-8(11-10)6-7-9/h6-8H,2-5,10H2,1H3/b7-6+/t8-/m0/s1. The van der Waals surface area contributed by atoms with Gasteiger partial charge in [-0.25, -0.2) is 5.90 Å². The van der Waals surface area contributed by atoms with E-state index in [1.165, 1.54) is 19.3 Å². The van der Waals surface area contributed by atoms with Gasteiger partial charge in [-0.15, -0.1) is 0 Å². The molecule has 0 saturated carbocycles. The fraction of sp³-hybridized carbons (Fsp3) is 0.750. The Morgan fingerprint density at radius 3 is 2.73 bits per heavy atom. The molecule has 0 aromatic rings. The van der Waals surface area contributed by atoms with Crippen molar-refractivity contribution in [2.24, 2.45) is 5.90 Å². The summed E-state index contributed by atoms with van der Waals surface area (Å²) in [6.07, 6.45) is 6.82. The largest absolute Gasteiger partial charge is 0.297 e. The van der Waals surface area contributed by atoms with E-state index >= 15 is 0 Å². The molecule has 0 fully saturated rings. The number of hydrogen-bond acceptors (Lipinski definition) is 2. The summed E-state index contributed by atoms with van der Waals surface area (Å²) in [6.45, 7) is 2.19. The smallest absolute Gasteiger partial charge is 0.0975 e. The quantitative estimate of drug-likeness (QED) is 0.457. The van der Waals surface area contributed by atoms with Gasteiger partial charge in [-0.3, -0.25) is 4.84 Å². The highest BCUT2D eigenvalue weighted by Crippen LogP contribution is 2.07. The molecule has 3 heteroatoms. The first-order valence-corrected chi connectivity index (χ1v) is 5.22. The molecule has 0 amide bonds. The monoisotopic (exact) mass is 269 g/mol. The number of unbranched alkanes of at least 4 members (excludes halogenated alkanes) is 2. The molecule has 0 aliphatic heterocycles. The third-order valence-electron chi connectivity index (χ3n) is 1.55. The first-order chi connectivity index (χ1) is 5.35. The highest BCUT2D eigenvalue weighted by molar-refractivity contribution is 14.1.